The number of aromatic amines is 1. The minimum Gasteiger partial charge on any atom is -0.370 e. The Kier molecular flexibility index (Phi) is 5.35. The van der Waals surface area contributed by atoms with Gasteiger partial charge in [0.15, 0.2) is 5.82 Å². The van der Waals surface area contributed by atoms with E-state index >= 15 is 0 Å². The van der Waals surface area contributed by atoms with Gasteiger partial charge in [-0.3, -0.25) is 9.59 Å². The van der Waals surface area contributed by atoms with E-state index in [1.807, 2.05) is 0 Å². The van der Waals surface area contributed by atoms with Crippen LogP contribution >= 0.6 is 0 Å². The van der Waals surface area contributed by atoms with Crippen molar-refractivity contribution in [1.82, 2.24) is 9.97 Å². The van der Waals surface area contributed by atoms with Gasteiger partial charge in [0.25, 0.3) is 12.3 Å². The smallest absolute Gasteiger partial charge is 0.295 e. The number of carbonyl (C=O) groups excluding carboxylic acids is 2. The molecule has 0 atom stereocenters. The number of imidazole rings is 1. The van der Waals surface area contributed by atoms with E-state index in [-0.39, 0.29) is 11.1 Å². The van der Waals surface area contributed by atoms with E-state index in [1.165, 1.54) is 18.2 Å². The van der Waals surface area contributed by atoms with Gasteiger partial charge in [0.05, 0.1) is 22.4 Å². The molecule has 1 aromatic heterocycles. The summed E-state index contributed by atoms with van der Waals surface area (Å²) >= 11 is 0. The fraction of sp³-hybridized carbons (Fsp3) is 0.286. The molecule has 2 aromatic carbocycles. The van der Waals surface area contributed by atoms with E-state index in [0.717, 1.165) is 38.0 Å². The van der Waals surface area contributed by atoms with Crippen molar-refractivity contribution in [1.29, 1.82) is 0 Å². The topological polar surface area (TPSA) is 104 Å². The van der Waals surface area contributed by atoms with Gasteiger partial charge in [-0.05, 0) is 55.7 Å². The van der Waals surface area contributed by atoms with Crippen molar-refractivity contribution in [2.45, 2.75) is 25.7 Å². The Bertz CT molecular complexity index is 1110. The van der Waals surface area contributed by atoms with E-state index in [4.69, 9.17) is 5.73 Å². The van der Waals surface area contributed by atoms with Gasteiger partial charge in [-0.25, -0.2) is 13.8 Å². The number of piperidine rings is 1. The largest absolute Gasteiger partial charge is 0.370 e. The summed E-state index contributed by atoms with van der Waals surface area (Å²) in [6, 6.07) is 9.50. The number of alkyl halides is 2. The first kappa shape index (κ1) is 19.8. The number of H-pyrrole nitrogens is 1. The summed E-state index contributed by atoms with van der Waals surface area (Å²) in [5, 5.41) is 2.84. The van der Waals surface area contributed by atoms with Crippen molar-refractivity contribution >= 4 is 34.2 Å². The second-order valence-electron chi connectivity index (χ2n) is 7.25. The molecule has 9 heteroatoms. The molecule has 2 amide bonds. The number of hydrogen-bond acceptors (Lipinski definition) is 4. The molecule has 0 aliphatic carbocycles. The predicted molar refractivity (Wildman–Crippen MR) is 110 cm³/mol. The first-order chi connectivity index (χ1) is 14.4. The number of halogens is 2. The van der Waals surface area contributed by atoms with Gasteiger partial charge < -0.3 is 20.9 Å². The average molecular weight is 413 g/mol. The zero-order valence-electron chi connectivity index (χ0n) is 16.1. The number of primary amides is 1. The quantitative estimate of drug-likeness (QED) is 0.591. The lowest BCUT2D eigenvalue weighted by Gasteiger charge is -2.30. The van der Waals surface area contributed by atoms with Gasteiger partial charge >= 0.3 is 0 Å². The van der Waals surface area contributed by atoms with Crippen LogP contribution in [-0.4, -0.2) is 34.9 Å². The van der Waals surface area contributed by atoms with Crippen LogP contribution in [0.5, 0.6) is 0 Å². The van der Waals surface area contributed by atoms with Crippen molar-refractivity contribution in [3.05, 3.63) is 53.3 Å². The molecule has 2 heterocycles. The summed E-state index contributed by atoms with van der Waals surface area (Å²) in [5.41, 5.74) is 7.97. The molecule has 4 rings (SSSR count). The minimum atomic E-state index is -2.72. The van der Waals surface area contributed by atoms with Crippen LogP contribution in [0.4, 0.5) is 20.2 Å². The van der Waals surface area contributed by atoms with E-state index in [1.54, 1.807) is 18.2 Å². The molecule has 1 aliphatic rings. The van der Waals surface area contributed by atoms with Crippen LogP contribution < -0.4 is 16.0 Å². The number of rotatable bonds is 5. The zero-order chi connectivity index (χ0) is 21.3. The van der Waals surface area contributed by atoms with Crippen molar-refractivity contribution in [3.63, 3.8) is 0 Å². The number of anilines is 2. The molecule has 0 spiro atoms. The summed E-state index contributed by atoms with van der Waals surface area (Å²) in [6.07, 6.45) is 0.530. The lowest BCUT2D eigenvalue weighted by molar-refractivity contribution is 0.0996. The SMILES string of the molecule is NC(=O)c1ccc(N2CCCCC2)c(NC(=O)c2ccc3nc(C(F)F)[nH]c3c2)c1. The number of nitrogens with one attached hydrogen (secondary N) is 2. The van der Waals surface area contributed by atoms with Crippen LogP contribution in [0.1, 0.15) is 52.2 Å². The Morgan fingerprint density at radius 2 is 1.80 bits per heavy atom. The number of amides is 2. The number of nitrogens with zero attached hydrogens (tertiary/aromatic N) is 2. The maximum absolute atomic E-state index is 12.9. The van der Waals surface area contributed by atoms with Crippen LogP contribution in [0.3, 0.4) is 0 Å². The molecule has 30 heavy (non-hydrogen) atoms. The molecule has 0 bridgehead atoms. The van der Waals surface area contributed by atoms with Gasteiger partial charge in [0.2, 0.25) is 5.91 Å². The predicted octanol–water partition coefficient (Wildman–Crippen LogP) is 3.84. The third-order valence-corrected chi connectivity index (χ3v) is 5.20. The Hall–Kier alpha value is -3.49. The number of carbonyl (C=O) groups is 2. The minimum absolute atomic E-state index is 0.279. The van der Waals surface area contributed by atoms with Crippen molar-refractivity contribution in [2.24, 2.45) is 5.73 Å². The highest BCUT2D eigenvalue weighted by atomic mass is 19.3. The first-order valence-corrected chi connectivity index (χ1v) is 9.70. The Morgan fingerprint density at radius 1 is 1.07 bits per heavy atom. The summed E-state index contributed by atoms with van der Waals surface area (Å²) in [6.45, 7) is 1.71. The molecule has 156 valence electrons. The lowest BCUT2D eigenvalue weighted by atomic mass is 10.1. The molecule has 3 aromatic rings. The molecule has 1 saturated heterocycles. The van der Waals surface area contributed by atoms with Crippen LogP contribution in [0.15, 0.2) is 36.4 Å². The van der Waals surface area contributed by atoms with Gasteiger partial charge in [-0.1, -0.05) is 0 Å². The molecule has 0 saturated carbocycles. The molecule has 7 nitrogen and oxygen atoms in total. The third-order valence-electron chi connectivity index (χ3n) is 5.20. The zero-order valence-corrected chi connectivity index (χ0v) is 16.1. The highest BCUT2D eigenvalue weighted by molar-refractivity contribution is 6.08. The fourth-order valence-corrected chi connectivity index (χ4v) is 3.67. The molecule has 0 radical (unpaired) electrons. The third kappa shape index (κ3) is 3.96. The molecular formula is C21H21F2N5O2. The van der Waals surface area contributed by atoms with E-state index in [0.29, 0.717) is 16.7 Å². The Morgan fingerprint density at radius 3 is 2.50 bits per heavy atom. The lowest BCUT2D eigenvalue weighted by Crippen LogP contribution is -2.30. The highest BCUT2D eigenvalue weighted by Crippen LogP contribution is 2.30. The number of hydrogen-bond donors (Lipinski definition) is 3. The second kappa shape index (κ2) is 8.10. The first-order valence-electron chi connectivity index (χ1n) is 9.70. The summed E-state index contributed by atoms with van der Waals surface area (Å²) in [5.74, 6) is -1.46. The molecular weight excluding hydrogens is 392 g/mol. The van der Waals surface area contributed by atoms with Crippen molar-refractivity contribution in [2.75, 3.05) is 23.3 Å². The average Bonchev–Trinajstić information content (AvgIpc) is 3.18. The molecule has 0 unspecified atom stereocenters. The van der Waals surface area contributed by atoms with Crippen LogP contribution in [0, 0.1) is 0 Å². The number of fused-ring (bicyclic) bond motifs is 1. The Labute approximate surface area is 171 Å². The molecule has 1 aliphatic heterocycles. The molecule has 1 fully saturated rings. The standard InChI is InChI=1S/C21H21F2N5O2/c22-18(23)20-25-14-6-4-13(11-15(14)26-20)21(30)27-16-10-12(19(24)29)5-7-17(16)28-8-2-1-3-9-28/h4-7,10-11,18H,1-3,8-9H2,(H2,24,29)(H,25,26)(H,27,30). The number of benzene rings is 2. The fourth-order valence-electron chi connectivity index (χ4n) is 3.67. The summed E-state index contributed by atoms with van der Waals surface area (Å²) in [4.78, 5) is 33.0. The highest BCUT2D eigenvalue weighted by Gasteiger charge is 2.19. The normalized spacial score (nSPS) is 14.3. The monoisotopic (exact) mass is 413 g/mol. The van der Waals surface area contributed by atoms with Gasteiger partial charge in [0.1, 0.15) is 0 Å². The maximum Gasteiger partial charge on any atom is 0.295 e. The second-order valence-corrected chi connectivity index (χ2v) is 7.25. The van der Waals surface area contributed by atoms with E-state index < -0.39 is 24.1 Å². The van der Waals surface area contributed by atoms with Gasteiger partial charge in [-0.15, -0.1) is 0 Å². The number of aromatic nitrogens is 2. The van der Waals surface area contributed by atoms with Crippen molar-refractivity contribution in [3.8, 4) is 0 Å². The van der Waals surface area contributed by atoms with Gasteiger partial charge in [0, 0.05) is 24.2 Å². The number of nitrogens with two attached hydrogens (primary N) is 1. The van der Waals surface area contributed by atoms with E-state index in [9.17, 15) is 18.4 Å². The van der Waals surface area contributed by atoms with Crippen LogP contribution in [0.2, 0.25) is 0 Å². The summed E-state index contributed by atoms with van der Waals surface area (Å²) < 4.78 is 25.7. The summed E-state index contributed by atoms with van der Waals surface area (Å²) in [7, 11) is 0. The Balaban J connectivity index is 1.65. The van der Waals surface area contributed by atoms with Crippen LogP contribution in [0.25, 0.3) is 11.0 Å². The van der Waals surface area contributed by atoms with E-state index in [2.05, 4.69) is 20.2 Å². The molecule has 4 N–H and O–H groups in total. The van der Waals surface area contributed by atoms with Crippen LogP contribution in [-0.2, 0) is 0 Å². The van der Waals surface area contributed by atoms with Gasteiger partial charge in [-0.2, -0.15) is 0 Å². The maximum atomic E-state index is 12.9. The van der Waals surface area contributed by atoms with Crippen molar-refractivity contribution < 1.29 is 18.4 Å².